The van der Waals surface area contributed by atoms with Gasteiger partial charge in [-0.2, -0.15) is 8.42 Å². The molecule has 0 bridgehead atoms. The molecule has 5 nitrogen and oxygen atoms in total. The Kier molecular flexibility index (Phi) is 3.65. The molecule has 0 atom stereocenters. The lowest BCUT2D eigenvalue weighted by Gasteiger charge is -1.99. The second-order valence-electron chi connectivity index (χ2n) is 3.04. The van der Waals surface area contributed by atoms with E-state index in [9.17, 15) is 8.42 Å². The Morgan fingerprint density at radius 1 is 1.50 bits per heavy atom. The molecule has 14 heavy (non-hydrogen) atoms. The molecule has 0 N–H and O–H groups in total. The van der Waals surface area contributed by atoms with E-state index in [1.807, 2.05) is 6.92 Å². The molecule has 0 aliphatic carbocycles. The highest BCUT2D eigenvalue weighted by Crippen LogP contribution is 1.93. The number of nitrogens with zero attached hydrogens (tertiary/aromatic N) is 2. The van der Waals surface area contributed by atoms with E-state index in [0.717, 1.165) is 16.8 Å². The third-order valence-electron chi connectivity index (χ3n) is 1.73. The minimum absolute atomic E-state index is 0.237. The van der Waals surface area contributed by atoms with Gasteiger partial charge in [0.05, 0.1) is 13.7 Å². The number of rotatable bonds is 5. The molecule has 0 aliphatic rings. The van der Waals surface area contributed by atoms with Gasteiger partial charge >= 0.3 is 10.3 Å². The van der Waals surface area contributed by atoms with Crippen molar-refractivity contribution in [2.24, 2.45) is 7.05 Å². The molecule has 0 saturated carbocycles. The summed E-state index contributed by atoms with van der Waals surface area (Å²) in [6.45, 7) is 2.21. The van der Waals surface area contributed by atoms with Crippen LogP contribution in [0, 0.1) is 0 Å². The van der Waals surface area contributed by atoms with Gasteiger partial charge in [-0.15, -0.1) is 3.97 Å². The lowest BCUT2D eigenvalue weighted by molar-refractivity contribution is -0.519. The standard InChI is InChI=1S/C8H15N2O3S/c1-3-4-7-13-14(11,12)10-6-5-9(2)8-10/h5-6,8H,3-4,7H2,1-2H3/q+1. The van der Waals surface area contributed by atoms with Crippen LogP contribution in [-0.2, 0) is 21.5 Å². The van der Waals surface area contributed by atoms with Gasteiger partial charge in [-0.3, -0.25) is 0 Å². The maximum absolute atomic E-state index is 11.4. The van der Waals surface area contributed by atoms with E-state index >= 15 is 0 Å². The Bertz CT molecular complexity index is 383. The van der Waals surface area contributed by atoms with Crippen molar-refractivity contribution in [2.75, 3.05) is 6.61 Å². The molecule has 80 valence electrons. The number of aryl methyl sites for hydroxylation is 1. The zero-order valence-corrected chi connectivity index (χ0v) is 9.20. The quantitative estimate of drug-likeness (QED) is 0.526. The van der Waals surface area contributed by atoms with E-state index < -0.39 is 10.3 Å². The summed E-state index contributed by atoms with van der Waals surface area (Å²) in [6, 6.07) is 0. The number of hydrogen-bond donors (Lipinski definition) is 0. The number of imidazole rings is 1. The molecule has 0 amide bonds. The summed E-state index contributed by atoms with van der Waals surface area (Å²) in [7, 11) is -1.87. The van der Waals surface area contributed by atoms with Gasteiger partial charge in [0.1, 0.15) is 12.4 Å². The molecule has 0 radical (unpaired) electrons. The van der Waals surface area contributed by atoms with Crippen LogP contribution in [0.5, 0.6) is 0 Å². The Balaban J connectivity index is 2.66. The normalized spacial score (nSPS) is 11.9. The maximum atomic E-state index is 11.4. The Morgan fingerprint density at radius 2 is 2.21 bits per heavy atom. The monoisotopic (exact) mass is 219 g/mol. The first-order valence-electron chi connectivity index (χ1n) is 4.49. The van der Waals surface area contributed by atoms with Gasteiger partial charge in [0.25, 0.3) is 6.33 Å². The van der Waals surface area contributed by atoms with Crippen LogP contribution in [-0.4, -0.2) is 19.6 Å². The lowest BCUT2D eigenvalue weighted by atomic mass is 10.4. The summed E-state index contributed by atoms with van der Waals surface area (Å²) in [5.74, 6) is 0. The van der Waals surface area contributed by atoms with Gasteiger partial charge in [-0.25, -0.2) is 8.75 Å². The summed E-state index contributed by atoms with van der Waals surface area (Å²) in [5, 5.41) is 0. The van der Waals surface area contributed by atoms with Crippen LogP contribution >= 0.6 is 0 Å². The first-order chi connectivity index (χ1) is 6.56. The molecule has 0 aromatic carbocycles. The maximum Gasteiger partial charge on any atom is 0.441 e. The average molecular weight is 219 g/mol. The average Bonchev–Trinajstić information content (AvgIpc) is 2.53. The second-order valence-corrected chi connectivity index (χ2v) is 4.56. The van der Waals surface area contributed by atoms with Crippen LogP contribution in [0.4, 0.5) is 0 Å². The van der Waals surface area contributed by atoms with E-state index in [1.165, 1.54) is 12.5 Å². The number of hydrogen-bond acceptors (Lipinski definition) is 3. The first kappa shape index (κ1) is 11.2. The Labute approximate surface area is 84.2 Å². The number of aromatic nitrogens is 2. The topological polar surface area (TPSA) is 52.2 Å². The van der Waals surface area contributed by atoms with Crippen LogP contribution in [0.2, 0.25) is 0 Å². The molecular formula is C8H15N2O3S+. The van der Waals surface area contributed by atoms with Crippen molar-refractivity contribution < 1.29 is 16.6 Å². The highest BCUT2D eigenvalue weighted by Gasteiger charge is 2.19. The molecule has 1 rings (SSSR count). The van der Waals surface area contributed by atoms with Crippen molar-refractivity contribution in [3.8, 4) is 0 Å². The molecule has 0 spiro atoms. The van der Waals surface area contributed by atoms with Gasteiger partial charge in [0.2, 0.25) is 0 Å². The van der Waals surface area contributed by atoms with Crippen LogP contribution in [0.15, 0.2) is 18.7 Å². The van der Waals surface area contributed by atoms with Crippen LogP contribution in [0.3, 0.4) is 0 Å². The molecule has 0 unspecified atom stereocenters. The lowest BCUT2D eigenvalue weighted by Crippen LogP contribution is -2.42. The fourth-order valence-corrected chi connectivity index (χ4v) is 1.85. The van der Waals surface area contributed by atoms with Gasteiger partial charge in [0, 0.05) is 0 Å². The third-order valence-corrected chi connectivity index (χ3v) is 2.93. The molecule has 1 aromatic heterocycles. The van der Waals surface area contributed by atoms with E-state index in [2.05, 4.69) is 0 Å². The zero-order valence-electron chi connectivity index (χ0n) is 8.38. The summed E-state index contributed by atoms with van der Waals surface area (Å²) >= 11 is 0. The van der Waals surface area contributed by atoms with Crippen molar-refractivity contribution in [1.29, 1.82) is 0 Å². The molecular weight excluding hydrogens is 204 g/mol. The fraction of sp³-hybridized carbons (Fsp3) is 0.625. The van der Waals surface area contributed by atoms with Gasteiger partial charge < -0.3 is 0 Å². The van der Waals surface area contributed by atoms with Crippen molar-refractivity contribution in [3.05, 3.63) is 18.7 Å². The van der Waals surface area contributed by atoms with Crippen molar-refractivity contribution >= 4 is 10.3 Å². The van der Waals surface area contributed by atoms with Crippen LogP contribution < -0.4 is 3.97 Å². The molecule has 0 saturated heterocycles. The minimum atomic E-state index is -3.62. The van der Waals surface area contributed by atoms with Gasteiger partial charge in [-0.1, -0.05) is 13.3 Å². The van der Waals surface area contributed by atoms with E-state index in [4.69, 9.17) is 4.18 Å². The van der Waals surface area contributed by atoms with Crippen LogP contribution in [0.1, 0.15) is 19.8 Å². The minimum Gasteiger partial charge on any atom is -0.238 e. The second kappa shape index (κ2) is 4.56. The van der Waals surface area contributed by atoms with E-state index in [-0.39, 0.29) is 6.61 Å². The predicted molar refractivity (Wildman–Crippen MR) is 50.8 cm³/mol. The van der Waals surface area contributed by atoms with Crippen molar-refractivity contribution in [2.45, 2.75) is 19.8 Å². The summed E-state index contributed by atoms with van der Waals surface area (Å²) in [4.78, 5) is 0. The fourth-order valence-electron chi connectivity index (χ4n) is 0.929. The molecule has 0 fully saturated rings. The largest absolute Gasteiger partial charge is 0.441 e. The summed E-state index contributed by atoms with van der Waals surface area (Å²) in [5.41, 5.74) is 0. The first-order valence-corrected chi connectivity index (χ1v) is 5.86. The van der Waals surface area contributed by atoms with Gasteiger partial charge in [-0.05, 0) is 6.42 Å². The van der Waals surface area contributed by atoms with Crippen molar-refractivity contribution in [3.63, 3.8) is 0 Å². The van der Waals surface area contributed by atoms with E-state index in [0.29, 0.717) is 0 Å². The SMILES string of the molecule is CCCCOS(=O)(=O)[n+]1ccn(C)c1. The third kappa shape index (κ3) is 2.81. The molecule has 1 heterocycles. The highest BCUT2D eigenvalue weighted by molar-refractivity contribution is 7.80. The van der Waals surface area contributed by atoms with Crippen molar-refractivity contribution in [1.82, 2.24) is 4.57 Å². The predicted octanol–water partition coefficient (Wildman–Crippen LogP) is 0.222. The summed E-state index contributed by atoms with van der Waals surface area (Å²) < 4.78 is 30.4. The Hall–Kier alpha value is -0.880. The van der Waals surface area contributed by atoms with E-state index in [1.54, 1.807) is 17.8 Å². The Morgan fingerprint density at radius 3 is 2.71 bits per heavy atom. The van der Waals surface area contributed by atoms with Crippen LogP contribution in [0.25, 0.3) is 0 Å². The zero-order chi connectivity index (χ0) is 10.6. The molecule has 0 aliphatic heterocycles. The summed E-state index contributed by atoms with van der Waals surface area (Å²) in [6.07, 6.45) is 6.19. The highest BCUT2D eigenvalue weighted by atomic mass is 32.2. The smallest absolute Gasteiger partial charge is 0.238 e. The molecule has 1 aromatic rings. The van der Waals surface area contributed by atoms with Gasteiger partial charge in [0.15, 0.2) is 0 Å². The number of unbranched alkanes of at least 4 members (excludes halogenated alkanes) is 1. The molecule has 6 heteroatoms.